The molecular formula is C41H51N3O4Si. The molecule has 4 aromatic rings. The Kier molecular flexibility index (Phi) is 13.1. The van der Waals surface area contributed by atoms with Crippen molar-refractivity contribution in [2.45, 2.75) is 65.2 Å². The van der Waals surface area contributed by atoms with Gasteiger partial charge in [-0.1, -0.05) is 76.3 Å². The number of anilines is 1. The molecule has 4 rings (SSSR count). The summed E-state index contributed by atoms with van der Waals surface area (Å²) < 4.78 is 6.04. The van der Waals surface area contributed by atoms with E-state index in [1.54, 1.807) is 48.5 Å². The molecule has 0 aliphatic rings. The molecule has 4 aromatic carbocycles. The van der Waals surface area contributed by atoms with Gasteiger partial charge in [0.05, 0.1) is 0 Å². The van der Waals surface area contributed by atoms with Gasteiger partial charge in [0.25, 0.3) is 11.8 Å². The lowest BCUT2D eigenvalue weighted by molar-refractivity contribution is 0.0951. The van der Waals surface area contributed by atoms with Crippen LogP contribution in [0.4, 0.5) is 5.69 Å². The van der Waals surface area contributed by atoms with Gasteiger partial charge in [0, 0.05) is 43.4 Å². The van der Waals surface area contributed by atoms with Crippen molar-refractivity contribution < 1.29 is 19.1 Å². The summed E-state index contributed by atoms with van der Waals surface area (Å²) in [6.45, 7) is 13.2. The van der Waals surface area contributed by atoms with Gasteiger partial charge in [0.2, 0.25) is 0 Å². The number of benzene rings is 4. The number of aryl methyl sites for hydroxylation is 1. The molecule has 0 heterocycles. The average Bonchev–Trinajstić information content (AvgIpc) is 3.08. The minimum atomic E-state index is -1.47. The molecule has 8 heteroatoms. The van der Waals surface area contributed by atoms with Crippen LogP contribution in [0.15, 0.2) is 97.1 Å². The zero-order valence-electron chi connectivity index (χ0n) is 29.8. The number of ketones is 1. The molecule has 0 fully saturated rings. The number of Topliss-reactive ketones (excluding diaryl/α,β-unsaturated/α-hetero) is 1. The minimum Gasteiger partial charge on any atom is -0.457 e. The van der Waals surface area contributed by atoms with E-state index in [9.17, 15) is 14.4 Å². The molecule has 0 aromatic heterocycles. The smallest absolute Gasteiger partial charge is 0.255 e. The van der Waals surface area contributed by atoms with E-state index in [0.29, 0.717) is 40.4 Å². The first kappa shape index (κ1) is 37.3. The number of nitrogens with one attached hydrogen (secondary N) is 3. The first-order valence-electron chi connectivity index (χ1n) is 17.2. The van der Waals surface area contributed by atoms with Crippen molar-refractivity contribution >= 4 is 31.4 Å². The van der Waals surface area contributed by atoms with E-state index in [4.69, 9.17) is 4.74 Å². The third-order valence-corrected chi connectivity index (χ3v) is 12.3. The predicted octanol–water partition coefficient (Wildman–Crippen LogP) is 8.79. The molecular weight excluding hydrogens is 627 g/mol. The SMILES string of the molecule is CCc1ccc(C(=O)Nc2ccc(Oc3cccc(CC(=O)c4ccc(C(=O)NCC[Si](C)(C)CC(C)(C)CCNC)cc4)c3)cc2)cc1. The summed E-state index contributed by atoms with van der Waals surface area (Å²) >= 11 is 0. The molecule has 0 radical (unpaired) electrons. The van der Waals surface area contributed by atoms with Gasteiger partial charge in [-0.2, -0.15) is 0 Å². The van der Waals surface area contributed by atoms with Crippen molar-refractivity contribution in [3.05, 3.63) is 125 Å². The maximum atomic E-state index is 13.1. The molecule has 0 atom stereocenters. The third kappa shape index (κ3) is 11.8. The zero-order chi connectivity index (χ0) is 35.4. The molecule has 2 amide bonds. The van der Waals surface area contributed by atoms with Gasteiger partial charge < -0.3 is 20.7 Å². The van der Waals surface area contributed by atoms with Crippen molar-refractivity contribution in [1.82, 2.24) is 10.6 Å². The highest BCUT2D eigenvalue weighted by Gasteiger charge is 2.30. The Bertz CT molecular complexity index is 1700. The van der Waals surface area contributed by atoms with Gasteiger partial charge in [-0.05, 0) is 110 Å². The number of hydrogen-bond donors (Lipinski definition) is 3. The second-order valence-electron chi connectivity index (χ2n) is 14.3. The maximum Gasteiger partial charge on any atom is 0.255 e. The second-order valence-corrected chi connectivity index (χ2v) is 19.5. The number of carbonyl (C=O) groups is 3. The summed E-state index contributed by atoms with van der Waals surface area (Å²) in [5.74, 6) is 0.903. The lowest BCUT2D eigenvalue weighted by Crippen LogP contribution is -2.37. The summed E-state index contributed by atoms with van der Waals surface area (Å²) in [6, 6.07) is 31.3. The summed E-state index contributed by atoms with van der Waals surface area (Å²) in [5, 5.41) is 9.25. The summed E-state index contributed by atoms with van der Waals surface area (Å²) in [4.78, 5) is 38.6. The van der Waals surface area contributed by atoms with Crippen molar-refractivity contribution in [2.24, 2.45) is 5.41 Å². The van der Waals surface area contributed by atoms with Gasteiger partial charge >= 0.3 is 0 Å². The second kappa shape index (κ2) is 17.2. The highest BCUT2D eigenvalue weighted by atomic mass is 28.3. The van der Waals surface area contributed by atoms with Crippen molar-refractivity contribution in [3.63, 3.8) is 0 Å². The number of rotatable bonds is 17. The van der Waals surface area contributed by atoms with Gasteiger partial charge in [0.1, 0.15) is 11.5 Å². The Hall–Kier alpha value is -4.53. The van der Waals surface area contributed by atoms with Gasteiger partial charge in [-0.3, -0.25) is 14.4 Å². The van der Waals surface area contributed by atoms with Crippen LogP contribution < -0.4 is 20.7 Å². The van der Waals surface area contributed by atoms with Crippen molar-refractivity contribution in [1.29, 1.82) is 0 Å². The highest BCUT2D eigenvalue weighted by Crippen LogP contribution is 2.33. The first-order valence-corrected chi connectivity index (χ1v) is 20.6. The van der Waals surface area contributed by atoms with E-state index in [0.717, 1.165) is 31.0 Å². The van der Waals surface area contributed by atoms with E-state index < -0.39 is 8.07 Å². The Morgan fingerprint density at radius 1 is 0.735 bits per heavy atom. The summed E-state index contributed by atoms with van der Waals surface area (Å²) in [7, 11) is 0.518. The molecule has 3 N–H and O–H groups in total. The van der Waals surface area contributed by atoms with Crippen LogP contribution in [-0.4, -0.2) is 45.8 Å². The van der Waals surface area contributed by atoms with Crippen molar-refractivity contribution in [3.8, 4) is 11.5 Å². The van der Waals surface area contributed by atoms with E-state index in [2.05, 4.69) is 49.8 Å². The quantitative estimate of drug-likeness (QED) is 0.0767. The normalized spacial score (nSPS) is 11.6. The Morgan fingerprint density at radius 2 is 1.37 bits per heavy atom. The molecule has 0 spiro atoms. The topological polar surface area (TPSA) is 96.5 Å². The molecule has 0 saturated carbocycles. The van der Waals surface area contributed by atoms with E-state index >= 15 is 0 Å². The summed E-state index contributed by atoms with van der Waals surface area (Å²) in [5.41, 5.74) is 4.67. The Morgan fingerprint density at radius 3 is 2.02 bits per heavy atom. The largest absolute Gasteiger partial charge is 0.457 e. The standard InChI is InChI=1S/C41H51N3O4Si/c1-7-30-11-13-34(14-12-30)40(47)44-35-19-21-36(22-20-35)48-37-10-8-9-31(27-37)28-38(45)32-15-17-33(18-16-32)39(46)43-25-26-49(5,6)29-41(2,3)23-24-42-4/h8-22,27,42H,7,23-26,28-29H2,1-6H3,(H,43,46)(H,44,47). The molecule has 49 heavy (non-hydrogen) atoms. The molecule has 0 unspecified atom stereocenters. The lowest BCUT2D eigenvalue weighted by Gasteiger charge is -2.34. The minimum absolute atomic E-state index is 0.0397. The van der Waals surface area contributed by atoms with Crippen molar-refractivity contribution in [2.75, 3.05) is 25.5 Å². The Balaban J connectivity index is 1.26. The third-order valence-electron chi connectivity index (χ3n) is 8.80. The van der Waals surface area contributed by atoms with Gasteiger partial charge in [-0.25, -0.2) is 0 Å². The number of amides is 2. The highest BCUT2D eigenvalue weighted by molar-refractivity contribution is 6.77. The van der Waals surface area contributed by atoms with Gasteiger partial charge in [-0.15, -0.1) is 0 Å². The van der Waals surface area contributed by atoms with Crippen LogP contribution in [0.5, 0.6) is 11.5 Å². The monoisotopic (exact) mass is 677 g/mol. The van der Waals surface area contributed by atoms with E-state index in [1.807, 2.05) is 55.6 Å². The maximum absolute atomic E-state index is 13.1. The number of carbonyl (C=O) groups excluding carboxylic acids is 3. The van der Waals surface area contributed by atoms with Crippen LogP contribution in [0.1, 0.15) is 69.4 Å². The van der Waals surface area contributed by atoms with Crippen LogP contribution in [0.2, 0.25) is 25.2 Å². The summed E-state index contributed by atoms with van der Waals surface area (Å²) in [6.07, 6.45) is 2.27. The predicted molar refractivity (Wildman–Crippen MR) is 203 cm³/mol. The number of ether oxygens (including phenoxy) is 1. The Labute approximate surface area is 292 Å². The van der Waals surface area contributed by atoms with Crippen LogP contribution in [0.3, 0.4) is 0 Å². The zero-order valence-corrected chi connectivity index (χ0v) is 30.8. The van der Waals surface area contributed by atoms with E-state index in [-0.39, 0.29) is 29.4 Å². The molecule has 7 nitrogen and oxygen atoms in total. The fourth-order valence-corrected chi connectivity index (χ4v) is 9.95. The first-order chi connectivity index (χ1) is 23.4. The van der Waals surface area contributed by atoms with Crippen LogP contribution in [-0.2, 0) is 12.8 Å². The molecule has 258 valence electrons. The van der Waals surface area contributed by atoms with Crippen LogP contribution >= 0.6 is 0 Å². The molecule has 0 saturated heterocycles. The molecule has 0 aliphatic carbocycles. The molecule has 0 bridgehead atoms. The van der Waals surface area contributed by atoms with E-state index in [1.165, 1.54) is 11.6 Å². The fourth-order valence-electron chi connectivity index (χ4n) is 6.20. The fraction of sp³-hybridized carbons (Fsp3) is 0.341. The molecule has 0 aliphatic heterocycles. The van der Waals surface area contributed by atoms with Crippen LogP contribution in [0, 0.1) is 5.41 Å². The van der Waals surface area contributed by atoms with Gasteiger partial charge in [0.15, 0.2) is 5.78 Å². The lowest BCUT2D eigenvalue weighted by atomic mass is 9.92. The number of hydrogen-bond acceptors (Lipinski definition) is 5. The van der Waals surface area contributed by atoms with Crippen LogP contribution in [0.25, 0.3) is 0 Å². The average molecular weight is 678 g/mol.